The average molecular weight is 292 g/mol. The second-order valence-corrected chi connectivity index (χ2v) is 4.69. The first-order valence-corrected chi connectivity index (χ1v) is 6.31. The summed E-state index contributed by atoms with van der Waals surface area (Å²) in [5, 5.41) is 21.4. The third-order valence-corrected chi connectivity index (χ3v) is 3.38. The number of carbonyl (C=O) groups is 1. The molecule has 2 rings (SSSR count). The van der Waals surface area contributed by atoms with Gasteiger partial charge in [-0.3, -0.25) is 24.3 Å². The highest BCUT2D eigenvalue weighted by molar-refractivity contribution is 5.75. The molecule has 2 aromatic rings. The quantitative estimate of drug-likeness (QED) is 0.636. The van der Waals surface area contributed by atoms with Gasteiger partial charge in [0.1, 0.15) is 18.4 Å². The van der Waals surface area contributed by atoms with E-state index in [1.807, 2.05) is 14.0 Å². The first kappa shape index (κ1) is 14.7. The van der Waals surface area contributed by atoms with Gasteiger partial charge in [-0.25, -0.2) is 0 Å². The van der Waals surface area contributed by atoms with Crippen LogP contribution in [0.25, 0.3) is 0 Å². The van der Waals surface area contributed by atoms with Gasteiger partial charge in [0.2, 0.25) is 5.91 Å². The van der Waals surface area contributed by atoms with Gasteiger partial charge in [0.05, 0.1) is 11.1 Å². The first-order valence-electron chi connectivity index (χ1n) is 6.31. The molecule has 0 unspecified atom stereocenters. The first-order chi connectivity index (χ1) is 9.90. The fraction of sp³-hybridized carbons (Fsp3) is 0.417. The Labute approximate surface area is 120 Å². The Morgan fingerprint density at radius 3 is 2.57 bits per heavy atom. The van der Waals surface area contributed by atoms with Crippen molar-refractivity contribution in [3.05, 3.63) is 39.5 Å². The van der Waals surface area contributed by atoms with E-state index in [0.717, 1.165) is 17.5 Å². The van der Waals surface area contributed by atoms with Crippen LogP contribution in [-0.2, 0) is 24.9 Å². The Hall–Kier alpha value is -2.71. The minimum absolute atomic E-state index is 0.0566. The van der Waals surface area contributed by atoms with Gasteiger partial charge in [-0.05, 0) is 13.8 Å². The molecule has 0 atom stereocenters. The molecule has 1 N–H and O–H groups in total. The van der Waals surface area contributed by atoms with E-state index in [1.54, 1.807) is 17.8 Å². The highest BCUT2D eigenvalue weighted by Crippen LogP contribution is 2.15. The maximum absolute atomic E-state index is 11.9. The second kappa shape index (κ2) is 5.73. The van der Waals surface area contributed by atoms with E-state index in [0.29, 0.717) is 12.2 Å². The fourth-order valence-electron chi connectivity index (χ4n) is 1.88. The van der Waals surface area contributed by atoms with E-state index in [4.69, 9.17) is 0 Å². The van der Waals surface area contributed by atoms with Crippen LogP contribution >= 0.6 is 0 Å². The van der Waals surface area contributed by atoms with Crippen LogP contribution in [0.4, 0.5) is 5.69 Å². The normalized spacial score (nSPS) is 10.6. The van der Waals surface area contributed by atoms with Crippen LogP contribution in [0.15, 0.2) is 12.4 Å². The van der Waals surface area contributed by atoms with E-state index in [1.165, 1.54) is 4.68 Å². The SMILES string of the molecule is Cc1c(CNC(=O)Cn2ncc([N+](=O)[O-])c2C)cnn1C. The number of nitrogens with zero attached hydrogens (tertiary/aromatic N) is 5. The molecular weight excluding hydrogens is 276 g/mol. The summed E-state index contributed by atoms with van der Waals surface area (Å²) < 4.78 is 3.03. The second-order valence-electron chi connectivity index (χ2n) is 4.69. The molecule has 0 saturated heterocycles. The number of carbonyl (C=O) groups excluding carboxylic acids is 1. The minimum Gasteiger partial charge on any atom is -0.350 e. The van der Waals surface area contributed by atoms with Crippen molar-refractivity contribution in [1.82, 2.24) is 24.9 Å². The fourth-order valence-corrected chi connectivity index (χ4v) is 1.88. The number of hydrogen-bond acceptors (Lipinski definition) is 5. The lowest BCUT2D eigenvalue weighted by molar-refractivity contribution is -0.385. The Morgan fingerprint density at radius 1 is 1.33 bits per heavy atom. The van der Waals surface area contributed by atoms with Crippen molar-refractivity contribution in [1.29, 1.82) is 0 Å². The topological polar surface area (TPSA) is 108 Å². The third-order valence-electron chi connectivity index (χ3n) is 3.38. The maximum atomic E-state index is 11.9. The summed E-state index contributed by atoms with van der Waals surface area (Å²) in [6, 6.07) is 0. The van der Waals surface area contributed by atoms with E-state index in [9.17, 15) is 14.9 Å². The lowest BCUT2D eigenvalue weighted by atomic mass is 10.2. The van der Waals surface area contributed by atoms with Gasteiger partial charge < -0.3 is 5.32 Å². The molecule has 0 spiro atoms. The van der Waals surface area contributed by atoms with E-state index >= 15 is 0 Å². The van der Waals surface area contributed by atoms with Crippen molar-refractivity contribution in [2.45, 2.75) is 26.9 Å². The lowest BCUT2D eigenvalue weighted by Crippen LogP contribution is -2.28. The molecule has 2 heterocycles. The van der Waals surface area contributed by atoms with Crippen LogP contribution in [0.1, 0.15) is 17.0 Å². The highest BCUT2D eigenvalue weighted by Gasteiger charge is 2.17. The van der Waals surface area contributed by atoms with Crippen LogP contribution in [0, 0.1) is 24.0 Å². The lowest BCUT2D eigenvalue weighted by Gasteiger charge is -2.06. The van der Waals surface area contributed by atoms with Crippen molar-refractivity contribution in [3.63, 3.8) is 0 Å². The molecule has 9 nitrogen and oxygen atoms in total. The van der Waals surface area contributed by atoms with Crippen LogP contribution in [0.2, 0.25) is 0 Å². The number of aromatic nitrogens is 4. The molecular formula is C12H16N6O3. The Kier molecular flexibility index (Phi) is 4.01. The molecule has 0 aliphatic carbocycles. The zero-order valence-corrected chi connectivity index (χ0v) is 12.0. The molecule has 0 aromatic carbocycles. The minimum atomic E-state index is -0.518. The molecule has 0 bridgehead atoms. The van der Waals surface area contributed by atoms with Crippen LogP contribution in [0.3, 0.4) is 0 Å². The molecule has 21 heavy (non-hydrogen) atoms. The van der Waals surface area contributed by atoms with E-state index in [-0.39, 0.29) is 18.1 Å². The average Bonchev–Trinajstić information content (AvgIpc) is 2.93. The van der Waals surface area contributed by atoms with Gasteiger partial charge in [0, 0.05) is 24.8 Å². The van der Waals surface area contributed by atoms with Gasteiger partial charge >= 0.3 is 5.69 Å². The standard InChI is InChI=1S/C12H16N6O3/c1-8-10(5-14-16(8)3)4-13-12(19)7-17-9(2)11(6-15-17)18(20)21/h5-6H,4,7H2,1-3H3,(H,13,19). The molecule has 1 amide bonds. The largest absolute Gasteiger partial charge is 0.350 e. The van der Waals surface area contributed by atoms with Gasteiger partial charge in [0.25, 0.3) is 0 Å². The Balaban J connectivity index is 1.96. The van der Waals surface area contributed by atoms with Gasteiger partial charge in [-0.15, -0.1) is 0 Å². The summed E-state index contributed by atoms with van der Waals surface area (Å²) >= 11 is 0. The number of aryl methyl sites for hydroxylation is 1. The van der Waals surface area contributed by atoms with Crippen LogP contribution in [-0.4, -0.2) is 30.4 Å². The van der Waals surface area contributed by atoms with Crippen molar-refractivity contribution in [2.24, 2.45) is 7.05 Å². The Bertz CT molecular complexity index is 687. The molecule has 0 aliphatic rings. The van der Waals surface area contributed by atoms with Gasteiger partial charge in [0.15, 0.2) is 0 Å². The summed E-state index contributed by atoms with van der Waals surface area (Å²) in [6.07, 6.45) is 2.84. The molecule has 9 heteroatoms. The summed E-state index contributed by atoms with van der Waals surface area (Å²) in [5.74, 6) is -0.264. The van der Waals surface area contributed by atoms with Crippen molar-refractivity contribution >= 4 is 11.6 Å². The van der Waals surface area contributed by atoms with Crippen molar-refractivity contribution in [2.75, 3.05) is 0 Å². The number of rotatable bonds is 5. The van der Waals surface area contributed by atoms with E-state index < -0.39 is 4.92 Å². The summed E-state index contributed by atoms with van der Waals surface area (Å²) in [4.78, 5) is 22.1. The van der Waals surface area contributed by atoms with Crippen molar-refractivity contribution < 1.29 is 9.72 Å². The van der Waals surface area contributed by atoms with E-state index in [2.05, 4.69) is 15.5 Å². The number of nitrogens with one attached hydrogen (secondary N) is 1. The van der Waals surface area contributed by atoms with Crippen molar-refractivity contribution in [3.8, 4) is 0 Å². The summed E-state index contributed by atoms with van der Waals surface area (Å²) in [6.45, 7) is 3.78. The molecule has 112 valence electrons. The highest BCUT2D eigenvalue weighted by atomic mass is 16.6. The third kappa shape index (κ3) is 3.07. The zero-order chi connectivity index (χ0) is 15.6. The molecule has 0 saturated carbocycles. The van der Waals surface area contributed by atoms with Crippen LogP contribution in [0.5, 0.6) is 0 Å². The molecule has 0 aliphatic heterocycles. The predicted molar refractivity (Wildman–Crippen MR) is 73.4 cm³/mol. The number of hydrogen-bond donors (Lipinski definition) is 1. The van der Waals surface area contributed by atoms with Crippen LogP contribution < -0.4 is 5.32 Å². The number of nitro groups is 1. The Morgan fingerprint density at radius 2 is 2.05 bits per heavy atom. The molecule has 0 radical (unpaired) electrons. The van der Waals surface area contributed by atoms with Gasteiger partial charge in [-0.1, -0.05) is 0 Å². The zero-order valence-electron chi connectivity index (χ0n) is 12.0. The summed E-state index contributed by atoms with van der Waals surface area (Å²) in [5.41, 5.74) is 2.16. The summed E-state index contributed by atoms with van der Waals surface area (Å²) in [7, 11) is 1.83. The molecule has 2 aromatic heterocycles. The monoisotopic (exact) mass is 292 g/mol. The predicted octanol–water partition coefficient (Wildman–Crippen LogP) is 0.458. The smallest absolute Gasteiger partial charge is 0.309 e. The molecule has 0 fully saturated rings. The van der Waals surface area contributed by atoms with Gasteiger partial charge in [-0.2, -0.15) is 10.2 Å². The maximum Gasteiger partial charge on any atom is 0.309 e. The number of amides is 1.